The van der Waals surface area contributed by atoms with Gasteiger partial charge in [0.1, 0.15) is 105 Å². The van der Waals surface area contributed by atoms with Gasteiger partial charge in [-0.2, -0.15) is 0 Å². The minimum Gasteiger partial charge on any atom is -0.394 e. The second-order valence-electron chi connectivity index (χ2n) is 40.9. The van der Waals surface area contributed by atoms with E-state index >= 15 is 0 Å². The van der Waals surface area contributed by atoms with E-state index < -0.39 is 297 Å². The minimum absolute atomic E-state index is 0.00734. The Kier molecular flexibility index (Phi) is 44.8. The van der Waals surface area contributed by atoms with Crippen LogP contribution in [0.2, 0.25) is 0 Å². The molecule has 47 heteroatoms. The van der Waals surface area contributed by atoms with Gasteiger partial charge in [0, 0.05) is 39.3 Å². The minimum atomic E-state index is -1.91. The first-order chi connectivity index (χ1) is 64.3. The Morgan fingerprint density at radius 3 is 1.21 bits per heavy atom. The first kappa shape index (κ1) is 121. The number of benzene rings is 1. The van der Waals surface area contributed by atoms with E-state index in [0.29, 0.717) is 12.8 Å². The van der Waals surface area contributed by atoms with Crippen molar-refractivity contribution in [3.8, 4) is 0 Å². The lowest BCUT2D eigenvalue weighted by atomic mass is 9.93. The number of hydrogen-bond donors (Lipinski definition) is 22. The normalized spacial score (nSPS) is 16.5. The average molecular weight is 1980 g/mol. The third kappa shape index (κ3) is 37.0. The number of aliphatic hydroxyl groups is 1. The summed E-state index contributed by atoms with van der Waals surface area (Å²) in [5.41, 5.74) is 3.10. The van der Waals surface area contributed by atoms with Crippen LogP contribution >= 0.6 is 0 Å². The van der Waals surface area contributed by atoms with Gasteiger partial charge < -0.3 is 128 Å². The van der Waals surface area contributed by atoms with Crippen molar-refractivity contribution in [3.63, 3.8) is 0 Å². The van der Waals surface area contributed by atoms with Crippen molar-refractivity contribution < 1.29 is 115 Å². The molecule has 3 rings (SSSR count). The van der Waals surface area contributed by atoms with Gasteiger partial charge in [-0.1, -0.05) is 78.8 Å². The van der Waals surface area contributed by atoms with Gasteiger partial charge in [-0.05, 0) is 205 Å². The summed E-state index contributed by atoms with van der Waals surface area (Å²) in [6.07, 6.45) is -1.15. The van der Waals surface area contributed by atoms with E-state index in [2.05, 4.69) is 95.7 Å². The standard InChI is InChI=1S/C93H153N23O24/c1-26-93(25,83(138)104-57(37-40-63(95)120)71(126)103-56(36-39-62(94)119)70(125)100-55(47-117)45-54-32-28-27-29-33-54)114-82(137)90(19,20)113-76(131)66(49(4)5)105-74(129)60-34-30-42-115(60)85(140)92(23,24)110-73(128)59(44-48(2)3)101-65(122)46-97-78(133)86(11,12)112-77(132)67(50(6)7)106-81(136)89(17,18)109-72(127)58(38-41-64(96)121)102-68(123)51(8)98-79(134)87(13,14)108-69(124)52(9)99-80(135)88(15,16)111-75(130)61-35-31-43-116(61)84(139)91(21,22)107-53(10)118/h27-29,32-33,48-52,55-61,66-67,117H,26,30-31,34-47H2,1-25H3,(H2,94,119)(H2,95,120)(H2,96,121)(H,97,133)(H,98,134)(H,99,135)(H,100,125)(H,101,122)(H,102,123)(H,103,126)(H,104,138)(H,105,129)(H,106,136)(H,107,118)(H,108,124)(H,109,127)(H,110,128)(H,111,130)(H,112,132)(H,113,131)(H,114,137)/t51-,52-,55-,56-,57-,58-,59-,60-,61-,66-,67-,93+/m0/s1. The van der Waals surface area contributed by atoms with Crippen LogP contribution in [0, 0.1) is 17.8 Å². The molecule has 47 nitrogen and oxygen atoms in total. The van der Waals surface area contributed by atoms with Crippen LogP contribution in [0.3, 0.4) is 0 Å². The molecule has 0 aromatic heterocycles. The quantitative estimate of drug-likeness (QED) is 0.0292. The highest BCUT2D eigenvalue weighted by molar-refractivity contribution is 6.05. The number of rotatable bonds is 54. The zero-order chi connectivity index (χ0) is 107. The van der Waals surface area contributed by atoms with Gasteiger partial charge in [0.25, 0.3) is 0 Å². The number of primary amides is 3. The highest BCUT2D eigenvalue weighted by Gasteiger charge is 2.49. The van der Waals surface area contributed by atoms with Crippen molar-refractivity contribution in [2.45, 2.75) is 367 Å². The molecule has 0 aliphatic carbocycles. The molecule has 2 saturated heterocycles. The summed E-state index contributed by atoms with van der Waals surface area (Å²) >= 11 is 0. The fourth-order valence-electron chi connectivity index (χ4n) is 15.0. The van der Waals surface area contributed by atoms with E-state index in [0.717, 1.165) is 5.56 Å². The fraction of sp³-hybridized carbons (Fsp3) is 0.688. The molecule has 784 valence electrons. The largest absolute Gasteiger partial charge is 0.394 e. The molecule has 2 aliphatic rings. The number of nitrogens with zero attached hydrogens (tertiary/aromatic N) is 2. The summed E-state index contributed by atoms with van der Waals surface area (Å²) in [6.45, 7) is 34.3. The lowest BCUT2D eigenvalue weighted by Gasteiger charge is -2.36. The Morgan fingerprint density at radius 1 is 0.386 bits per heavy atom. The van der Waals surface area contributed by atoms with E-state index in [9.17, 15) is 115 Å². The van der Waals surface area contributed by atoms with E-state index in [1.165, 1.54) is 141 Å². The van der Waals surface area contributed by atoms with Crippen LogP contribution in [0.1, 0.15) is 256 Å². The fourth-order valence-corrected chi connectivity index (χ4v) is 15.0. The zero-order valence-electron chi connectivity index (χ0n) is 85.5. The van der Waals surface area contributed by atoms with Gasteiger partial charge in [0.05, 0.1) is 19.2 Å². The van der Waals surface area contributed by atoms with Crippen LogP contribution in [0.5, 0.6) is 0 Å². The Hall–Kier alpha value is -13.0. The molecular weight excluding hydrogens is 1820 g/mol. The van der Waals surface area contributed by atoms with Crippen LogP contribution < -0.4 is 113 Å². The van der Waals surface area contributed by atoms with Crippen molar-refractivity contribution in [1.29, 1.82) is 0 Å². The van der Waals surface area contributed by atoms with E-state index in [1.54, 1.807) is 71.9 Å². The van der Waals surface area contributed by atoms with E-state index in [-0.39, 0.29) is 64.0 Å². The molecule has 0 unspecified atom stereocenters. The molecule has 0 saturated carbocycles. The summed E-state index contributed by atoms with van der Waals surface area (Å²) in [5.74, 6) is -20.9. The maximum atomic E-state index is 14.6. The highest BCUT2D eigenvalue weighted by Crippen LogP contribution is 2.27. The van der Waals surface area contributed by atoms with Gasteiger partial charge >= 0.3 is 0 Å². The molecule has 12 atom stereocenters. The molecule has 23 amide bonds. The number of carbonyl (C=O) groups is 23. The second kappa shape index (κ2) is 51.8. The lowest BCUT2D eigenvalue weighted by Crippen LogP contribution is -2.67. The van der Waals surface area contributed by atoms with Gasteiger partial charge in [-0.3, -0.25) is 110 Å². The number of carbonyl (C=O) groups excluding carboxylic acids is 23. The van der Waals surface area contributed by atoms with Crippen LogP contribution in [0.15, 0.2) is 30.3 Å². The number of hydrogen-bond acceptors (Lipinski definition) is 24. The molecule has 0 bridgehead atoms. The molecule has 140 heavy (non-hydrogen) atoms. The number of nitrogens with two attached hydrogens (primary N) is 3. The summed E-state index contributed by atoms with van der Waals surface area (Å²) < 4.78 is 0. The molecule has 1 aromatic carbocycles. The van der Waals surface area contributed by atoms with Crippen molar-refractivity contribution in [1.82, 2.24) is 106 Å². The number of likely N-dealkylation sites (tertiary alicyclic amines) is 2. The number of nitrogens with one attached hydrogen (secondary N) is 18. The van der Waals surface area contributed by atoms with Gasteiger partial charge in [0.15, 0.2) is 0 Å². The van der Waals surface area contributed by atoms with Crippen molar-refractivity contribution in [2.75, 3.05) is 26.2 Å². The van der Waals surface area contributed by atoms with E-state index in [4.69, 9.17) is 17.2 Å². The maximum absolute atomic E-state index is 14.6. The average Bonchev–Trinajstić information content (AvgIpc) is 1.62. The van der Waals surface area contributed by atoms with Crippen LogP contribution in [0.4, 0.5) is 0 Å². The Morgan fingerprint density at radius 2 is 0.764 bits per heavy atom. The molecule has 0 spiro atoms. The Labute approximate surface area is 817 Å². The van der Waals surface area contributed by atoms with Gasteiger partial charge in [0.2, 0.25) is 136 Å². The van der Waals surface area contributed by atoms with E-state index in [1.807, 2.05) is 0 Å². The first-order valence-electron chi connectivity index (χ1n) is 47.0. The van der Waals surface area contributed by atoms with Crippen LogP contribution in [0.25, 0.3) is 0 Å². The molecule has 0 radical (unpaired) electrons. The third-order valence-electron chi connectivity index (χ3n) is 23.8. The Bertz CT molecular complexity index is 4720. The Balaban J connectivity index is 1.66. The first-order valence-corrected chi connectivity index (χ1v) is 47.0. The second-order valence-corrected chi connectivity index (χ2v) is 40.9. The van der Waals surface area contributed by atoms with Crippen molar-refractivity contribution >= 4 is 136 Å². The monoisotopic (exact) mass is 1980 g/mol. The summed E-state index contributed by atoms with van der Waals surface area (Å²) in [5, 5.41) is 56.2. The highest BCUT2D eigenvalue weighted by atomic mass is 16.3. The van der Waals surface area contributed by atoms with Gasteiger partial charge in [-0.15, -0.1) is 0 Å². The van der Waals surface area contributed by atoms with Crippen LogP contribution in [-0.2, 0) is 117 Å². The molecule has 25 N–H and O–H groups in total. The molecule has 1 aromatic rings. The predicted octanol–water partition coefficient (Wildman–Crippen LogP) is -4.55. The molecule has 2 heterocycles. The molecular formula is C93H153N23O24. The maximum Gasteiger partial charge on any atom is 0.248 e. The molecule has 2 fully saturated rings. The smallest absolute Gasteiger partial charge is 0.248 e. The van der Waals surface area contributed by atoms with Crippen molar-refractivity contribution in [3.05, 3.63) is 35.9 Å². The third-order valence-corrected chi connectivity index (χ3v) is 23.8. The molecule has 2 aliphatic heterocycles. The van der Waals surface area contributed by atoms with Gasteiger partial charge in [-0.25, -0.2) is 0 Å². The topological polar surface area (TPSA) is 714 Å². The van der Waals surface area contributed by atoms with Crippen LogP contribution in [-0.4, -0.2) is 288 Å². The predicted molar refractivity (Wildman–Crippen MR) is 511 cm³/mol. The zero-order valence-corrected chi connectivity index (χ0v) is 85.5. The van der Waals surface area contributed by atoms with Crippen molar-refractivity contribution in [2.24, 2.45) is 35.0 Å². The lowest BCUT2D eigenvalue weighted by molar-refractivity contribution is -0.146. The SMILES string of the molecule is CC[C@@](C)(NC(=O)C(C)(C)NC(=O)[C@@H](NC(=O)[C@@H]1CCCN1C(=O)C(C)(C)NC(=O)[C@H](CC(C)C)NC(=O)CNC(=O)C(C)(C)NC(=O)[C@@H](NC(=O)C(C)(C)NC(=O)[C@H](CCC(N)=O)NC(=O)[C@H](C)NC(=O)C(C)(C)NC(=O)[C@H](C)NC(=O)C(C)(C)NC(=O)[C@@H]1CCCN1C(=O)C(C)(C)NC(C)=O)C(C)C)C(C)C)C(=O)N[C@@H](CCC(N)=O)C(=O)N[C@@H](CCC(N)=O)C(=O)N[C@H](CO)Cc1ccccc1. The summed E-state index contributed by atoms with van der Waals surface area (Å²) in [4.78, 5) is 316. The number of aliphatic hydroxyl groups excluding tert-OH is 1. The summed E-state index contributed by atoms with van der Waals surface area (Å²) in [7, 11) is 0. The number of amides is 23. The summed E-state index contributed by atoms with van der Waals surface area (Å²) in [6, 6.07) is -5.61.